The summed E-state index contributed by atoms with van der Waals surface area (Å²) < 4.78 is 5.01. The molecule has 0 radical (unpaired) electrons. The zero-order valence-corrected chi connectivity index (χ0v) is 12.4. The van der Waals surface area contributed by atoms with E-state index in [0.717, 1.165) is 5.70 Å². The Morgan fingerprint density at radius 3 is 2.86 bits per heavy atom. The molecule has 0 saturated carbocycles. The average molecular weight is 303 g/mol. The van der Waals surface area contributed by atoms with Crippen LogP contribution in [0.5, 0.6) is 0 Å². The van der Waals surface area contributed by atoms with E-state index in [4.69, 9.17) is 4.74 Å². The lowest BCUT2D eigenvalue weighted by Gasteiger charge is -2.21. The highest BCUT2D eigenvalue weighted by molar-refractivity contribution is 6.39. The first kappa shape index (κ1) is 15.7. The van der Waals surface area contributed by atoms with Crippen LogP contribution in [0.1, 0.15) is 31.7 Å². The molecule has 0 aliphatic carbocycles. The van der Waals surface area contributed by atoms with Crippen molar-refractivity contribution in [3.05, 3.63) is 51.7 Å². The van der Waals surface area contributed by atoms with Gasteiger partial charge in [0, 0.05) is 17.8 Å². The van der Waals surface area contributed by atoms with Crippen molar-refractivity contribution in [1.29, 1.82) is 0 Å². The molecule has 0 amide bonds. The summed E-state index contributed by atoms with van der Waals surface area (Å²) in [7, 11) is 0. The molecule has 1 aliphatic heterocycles. The molecule has 116 valence electrons. The number of non-ortho nitro benzene ring substituents is 1. The van der Waals surface area contributed by atoms with Gasteiger partial charge in [0.1, 0.15) is 0 Å². The third-order valence-electron chi connectivity index (χ3n) is 3.29. The van der Waals surface area contributed by atoms with Crippen LogP contribution in [-0.2, 0) is 9.53 Å². The lowest BCUT2D eigenvalue weighted by Crippen LogP contribution is -2.30. The summed E-state index contributed by atoms with van der Waals surface area (Å²) in [6, 6.07) is 6.20. The number of hydrazone groups is 1. The van der Waals surface area contributed by atoms with Gasteiger partial charge in [-0.3, -0.25) is 15.5 Å². The molecule has 1 unspecified atom stereocenters. The number of nitro benzene ring substituents is 1. The van der Waals surface area contributed by atoms with Crippen molar-refractivity contribution in [3.63, 3.8) is 0 Å². The number of nitrogens with zero attached hydrogens (tertiary/aromatic N) is 2. The normalized spacial score (nSPS) is 17.1. The summed E-state index contributed by atoms with van der Waals surface area (Å²) >= 11 is 0. The Labute approximate surface area is 127 Å². The fourth-order valence-electron chi connectivity index (χ4n) is 2.18. The minimum absolute atomic E-state index is 0.0225. The van der Waals surface area contributed by atoms with Gasteiger partial charge in [-0.2, -0.15) is 5.10 Å². The summed E-state index contributed by atoms with van der Waals surface area (Å²) in [6.07, 6.45) is 2.56. The van der Waals surface area contributed by atoms with Crippen molar-refractivity contribution in [2.75, 3.05) is 6.61 Å². The second-order valence-corrected chi connectivity index (χ2v) is 4.70. The molecule has 0 bridgehead atoms. The zero-order chi connectivity index (χ0) is 16.1. The number of hydrogen-bond donors (Lipinski definition) is 1. The summed E-state index contributed by atoms with van der Waals surface area (Å²) in [5.74, 6) is -0.993. The largest absolute Gasteiger partial charge is 0.461 e. The summed E-state index contributed by atoms with van der Waals surface area (Å²) in [5, 5.41) is 15.0. The van der Waals surface area contributed by atoms with Gasteiger partial charge >= 0.3 is 5.97 Å². The third kappa shape index (κ3) is 3.30. The van der Waals surface area contributed by atoms with E-state index in [9.17, 15) is 14.9 Å². The number of benzene rings is 1. The monoisotopic (exact) mass is 303 g/mol. The molecular formula is C15H17N3O4. The molecule has 1 N–H and O–H groups in total. The fourth-order valence-corrected chi connectivity index (χ4v) is 2.18. The lowest BCUT2D eigenvalue weighted by atomic mass is 9.91. The maximum atomic E-state index is 12.0. The van der Waals surface area contributed by atoms with Crippen LogP contribution in [-0.4, -0.2) is 23.2 Å². The lowest BCUT2D eigenvalue weighted by molar-refractivity contribution is -0.384. The number of esters is 1. The van der Waals surface area contributed by atoms with Gasteiger partial charge in [0.05, 0.1) is 17.4 Å². The van der Waals surface area contributed by atoms with Crippen LogP contribution in [0.15, 0.2) is 41.1 Å². The van der Waals surface area contributed by atoms with E-state index >= 15 is 0 Å². The molecule has 7 heteroatoms. The number of rotatable bonds is 5. The molecule has 1 atom stereocenters. The topological polar surface area (TPSA) is 93.8 Å². The number of hydrogen-bond acceptors (Lipinski definition) is 6. The molecule has 7 nitrogen and oxygen atoms in total. The molecule has 22 heavy (non-hydrogen) atoms. The van der Waals surface area contributed by atoms with Crippen molar-refractivity contribution < 1.29 is 14.5 Å². The quantitative estimate of drug-likeness (QED) is 0.512. The smallest absolute Gasteiger partial charge is 0.355 e. The molecule has 0 spiro atoms. The first-order chi connectivity index (χ1) is 10.6. The van der Waals surface area contributed by atoms with Gasteiger partial charge in [0.2, 0.25) is 0 Å². The minimum atomic E-state index is -0.530. The van der Waals surface area contributed by atoms with Crippen LogP contribution in [0.4, 0.5) is 5.69 Å². The highest BCUT2D eigenvalue weighted by atomic mass is 16.6. The van der Waals surface area contributed by atoms with Gasteiger partial charge in [-0.15, -0.1) is 0 Å². The molecule has 0 fully saturated rings. The zero-order valence-electron chi connectivity index (χ0n) is 12.4. The van der Waals surface area contributed by atoms with E-state index in [2.05, 4.69) is 10.5 Å². The predicted octanol–water partition coefficient (Wildman–Crippen LogP) is 2.49. The fraction of sp³-hybridized carbons (Fsp3) is 0.333. The first-order valence-electron chi connectivity index (χ1n) is 7.02. The van der Waals surface area contributed by atoms with Crippen LogP contribution >= 0.6 is 0 Å². The Kier molecular flexibility index (Phi) is 4.88. The molecule has 1 aromatic carbocycles. The van der Waals surface area contributed by atoms with Gasteiger partial charge in [0.15, 0.2) is 5.71 Å². The van der Waals surface area contributed by atoms with Crippen molar-refractivity contribution in [2.24, 2.45) is 5.10 Å². The Morgan fingerprint density at radius 1 is 1.45 bits per heavy atom. The highest BCUT2D eigenvalue weighted by Gasteiger charge is 2.28. The Hall–Kier alpha value is -2.70. The Bertz CT molecular complexity index is 652. The van der Waals surface area contributed by atoms with E-state index in [1.54, 1.807) is 19.1 Å². The number of carbonyl (C=O) groups excluding carboxylic acids is 1. The predicted molar refractivity (Wildman–Crippen MR) is 81.4 cm³/mol. The van der Waals surface area contributed by atoms with Gasteiger partial charge in [-0.25, -0.2) is 4.79 Å². The van der Waals surface area contributed by atoms with Gasteiger partial charge in [0.25, 0.3) is 5.69 Å². The Morgan fingerprint density at radius 2 is 2.23 bits per heavy atom. The summed E-state index contributed by atoms with van der Waals surface area (Å²) in [6.45, 7) is 3.91. The van der Waals surface area contributed by atoms with E-state index in [0.29, 0.717) is 12.0 Å². The van der Waals surface area contributed by atoms with E-state index < -0.39 is 16.8 Å². The van der Waals surface area contributed by atoms with Crippen LogP contribution in [0, 0.1) is 10.1 Å². The molecular weight excluding hydrogens is 286 g/mol. The van der Waals surface area contributed by atoms with E-state index in [1.165, 1.54) is 12.1 Å². The third-order valence-corrected chi connectivity index (χ3v) is 3.29. The van der Waals surface area contributed by atoms with Crippen LogP contribution in [0.2, 0.25) is 0 Å². The van der Waals surface area contributed by atoms with Crippen LogP contribution < -0.4 is 5.43 Å². The van der Waals surface area contributed by atoms with Gasteiger partial charge in [-0.05, 0) is 25.0 Å². The second-order valence-electron chi connectivity index (χ2n) is 4.70. The minimum Gasteiger partial charge on any atom is -0.461 e. The second kappa shape index (κ2) is 6.84. The Balaban J connectivity index is 2.41. The molecule has 0 saturated heterocycles. The first-order valence-corrected chi connectivity index (χ1v) is 7.02. The SMILES string of the molecule is CCOC(=O)C1=NNC(CC)=CC1c1cccc([N+](=O)[O-])c1. The van der Waals surface area contributed by atoms with Gasteiger partial charge < -0.3 is 4.74 Å². The highest BCUT2D eigenvalue weighted by Crippen LogP contribution is 2.27. The number of ether oxygens (including phenoxy) is 1. The molecule has 1 heterocycles. The maximum Gasteiger partial charge on any atom is 0.355 e. The average Bonchev–Trinajstić information content (AvgIpc) is 2.54. The number of nitro groups is 1. The number of allylic oxidation sites excluding steroid dienone is 2. The molecule has 2 rings (SSSR count). The molecule has 1 aliphatic rings. The maximum absolute atomic E-state index is 12.0. The molecule has 0 aromatic heterocycles. The van der Waals surface area contributed by atoms with E-state index in [-0.39, 0.29) is 18.0 Å². The number of nitrogens with one attached hydrogen (secondary N) is 1. The summed E-state index contributed by atoms with van der Waals surface area (Å²) in [4.78, 5) is 22.5. The van der Waals surface area contributed by atoms with Gasteiger partial charge in [-0.1, -0.05) is 19.1 Å². The van der Waals surface area contributed by atoms with Crippen molar-refractivity contribution in [1.82, 2.24) is 5.43 Å². The van der Waals surface area contributed by atoms with Crippen molar-refractivity contribution >= 4 is 17.4 Å². The molecule has 1 aromatic rings. The van der Waals surface area contributed by atoms with Crippen molar-refractivity contribution in [2.45, 2.75) is 26.2 Å². The van der Waals surface area contributed by atoms with Crippen LogP contribution in [0.3, 0.4) is 0 Å². The standard InChI is InChI=1S/C15H17N3O4/c1-3-11-9-13(14(17-16-11)15(19)22-4-2)10-6-5-7-12(8-10)18(20)21/h5-9,13,16H,3-4H2,1-2H3. The summed E-state index contributed by atoms with van der Waals surface area (Å²) in [5.41, 5.74) is 4.47. The number of carbonyl (C=O) groups is 1. The van der Waals surface area contributed by atoms with Crippen LogP contribution in [0.25, 0.3) is 0 Å². The van der Waals surface area contributed by atoms with Crippen molar-refractivity contribution in [3.8, 4) is 0 Å². The van der Waals surface area contributed by atoms with E-state index in [1.807, 2.05) is 13.0 Å².